The summed E-state index contributed by atoms with van der Waals surface area (Å²) < 4.78 is 0. The van der Waals surface area contributed by atoms with Crippen LogP contribution in [0.2, 0.25) is 0 Å². The van der Waals surface area contributed by atoms with Gasteiger partial charge in [-0.05, 0) is 31.3 Å². The van der Waals surface area contributed by atoms with Crippen LogP contribution in [0, 0.1) is 5.41 Å². The maximum Gasteiger partial charge on any atom is 0.222 e. The van der Waals surface area contributed by atoms with Crippen LogP contribution in [0.4, 0.5) is 0 Å². The number of hydrogen-bond acceptors (Lipinski definition) is 3. The van der Waals surface area contributed by atoms with Crippen LogP contribution in [0.5, 0.6) is 0 Å². The Morgan fingerprint density at radius 2 is 2.22 bits per heavy atom. The zero-order valence-corrected chi connectivity index (χ0v) is 10.9. The first-order valence-electron chi connectivity index (χ1n) is 6.61. The molecule has 0 unspecified atom stereocenters. The predicted octanol–water partition coefficient (Wildman–Crippen LogP) is 0.854. The van der Waals surface area contributed by atoms with Crippen LogP contribution in [-0.2, 0) is 11.3 Å². The highest BCUT2D eigenvalue weighted by Gasteiger charge is 2.43. The molecule has 0 saturated carbocycles. The SMILES string of the molecule is CN1CC2(CCN(Cc3ncc[nH]3)CC2)CC1=O. The summed E-state index contributed by atoms with van der Waals surface area (Å²) in [7, 11) is 1.92. The van der Waals surface area contributed by atoms with Crippen molar-refractivity contribution in [2.24, 2.45) is 5.41 Å². The lowest BCUT2D eigenvalue weighted by Gasteiger charge is -2.38. The molecule has 5 heteroatoms. The smallest absolute Gasteiger partial charge is 0.222 e. The van der Waals surface area contributed by atoms with Gasteiger partial charge in [0.15, 0.2) is 0 Å². The molecule has 1 amide bonds. The molecule has 0 atom stereocenters. The zero-order valence-electron chi connectivity index (χ0n) is 10.9. The fourth-order valence-corrected chi connectivity index (χ4v) is 3.22. The second-order valence-electron chi connectivity index (χ2n) is 5.74. The van der Waals surface area contributed by atoms with Crippen molar-refractivity contribution in [1.29, 1.82) is 0 Å². The number of aromatic amines is 1. The number of rotatable bonds is 2. The number of piperidine rings is 1. The van der Waals surface area contributed by atoms with Gasteiger partial charge in [0.1, 0.15) is 5.82 Å². The molecule has 2 fully saturated rings. The number of hydrogen-bond donors (Lipinski definition) is 1. The first-order chi connectivity index (χ1) is 8.67. The van der Waals surface area contributed by atoms with Gasteiger partial charge in [-0.15, -0.1) is 0 Å². The Balaban J connectivity index is 1.57. The molecule has 1 N–H and O–H groups in total. The average molecular weight is 248 g/mol. The molecule has 1 spiro atoms. The minimum Gasteiger partial charge on any atom is -0.348 e. The highest BCUT2D eigenvalue weighted by atomic mass is 16.2. The number of likely N-dealkylation sites (tertiary alicyclic amines) is 2. The van der Waals surface area contributed by atoms with E-state index in [4.69, 9.17) is 0 Å². The lowest BCUT2D eigenvalue weighted by molar-refractivity contribution is -0.126. The van der Waals surface area contributed by atoms with Gasteiger partial charge in [0.05, 0.1) is 6.54 Å². The Bertz CT molecular complexity index is 420. The molecule has 0 bridgehead atoms. The largest absolute Gasteiger partial charge is 0.348 e. The molecule has 0 aromatic carbocycles. The monoisotopic (exact) mass is 248 g/mol. The van der Waals surface area contributed by atoms with Gasteiger partial charge in [0.2, 0.25) is 5.91 Å². The predicted molar refractivity (Wildman–Crippen MR) is 67.8 cm³/mol. The number of carbonyl (C=O) groups excluding carboxylic acids is 1. The van der Waals surface area contributed by atoms with Crippen LogP contribution in [0.3, 0.4) is 0 Å². The van der Waals surface area contributed by atoms with Crippen LogP contribution in [-0.4, -0.2) is 52.4 Å². The minimum atomic E-state index is 0.255. The van der Waals surface area contributed by atoms with E-state index in [1.54, 1.807) is 6.20 Å². The van der Waals surface area contributed by atoms with Crippen LogP contribution in [0.15, 0.2) is 12.4 Å². The summed E-state index contributed by atoms with van der Waals surface area (Å²) in [5.74, 6) is 1.35. The molecule has 2 aliphatic heterocycles. The van der Waals surface area contributed by atoms with E-state index in [1.165, 1.54) is 0 Å². The van der Waals surface area contributed by atoms with Crippen molar-refractivity contribution in [2.45, 2.75) is 25.8 Å². The third-order valence-electron chi connectivity index (χ3n) is 4.37. The van der Waals surface area contributed by atoms with E-state index in [1.807, 2.05) is 18.1 Å². The summed E-state index contributed by atoms with van der Waals surface area (Å²) in [5, 5.41) is 0. The lowest BCUT2D eigenvalue weighted by atomic mass is 9.77. The molecule has 1 aromatic rings. The highest BCUT2D eigenvalue weighted by molar-refractivity contribution is 5.79. The molecule has 3 heterocycles. The number of carbonyl (C=O) groups is 1. The lowest BCUT2D eigenvalue weighted by Crippen LogP contribution is -2.41. The first kappa shape index (κ1) is 11.7. The van der Waals surface area contributed by atoms with E-state index < -0.39 is 0 Å². The summed E-state index contributed by atoms with van der Waals surface area (Å²) in [6.45, 7) is 3.98. The Morgan fingerprint density at radius 3 is 2.78 bits per heavy atom. The van der Waals surface area contributed by atoms with Crippen molar-refractivity contribution in [3.63, 3.8) is 0 Å². The molecule has 1 aromatic heterocycles. The van der Waals surface area contributed by atoms with E-state index in [0.29, 0.717) is 5.91 Å². The summed E-state index contributed by atoms with van der Waals surface area (Å²) >= 11 is 0. The third kappa shape index (κ3) is 2.14. The quantitative estimate of drug-likeness (QED) is 0.844. The van der Waals surface area contributed by atoms with Crippen molar-refractivity contribution >= 4 is 5.91 Å². The molecular weight excluding hydrogens is 228 g/mol. The maximum absolute atomic E-state index is 11.7. The summed E-state index contributed by atoms with van der Waals surface area (Å²) in [6, 6.07) is 0. The van der Waals surface area contributed by atoms with Gasteiger partial charge < -0.3 is 9.88 Å². The fourth-order valence-electron chi connectivity index (χ4n) is 3.22. The van der Waals surface area contributed by atoms with Gasteiger partial charge in [0.25, 0.3) is 0 Å². The fraction of sp³-hybridized carbons (Fsp3) is 0.692. The Morgan fingerprint density at radius 1 is 1.44 bits per heavy atom. The molecule has 3 rings (SSSR count). The van der Waals surface area contributed by atoms with E-state index in [-0.39, 0.29) is 5.41 Å². The molecule has 18 heavy (non-hydrogen) atoms. The molecule has 0 radical (unpaired) electrons. The van der Waals surface area contributed by atoms with E-state index in [9.17, 15) is 4.79 Å². The van der Waals surface area contributed by atoms with E-state index in [0.717, 1.165) is 51.3 Å². The number of aromatic nitrogens is 2. The average Bonchev–Trinajstić information content (AvgIpc) is 2.93. The third-order valence-corrected chi connectivity index (χ3v) is 4.37. The first-order valence-corrected chi connectivity index (χ1v) is 6.61. The summed E-state index contributed by atoms with van der Waals surface area (Å²) in [4.78, 5) is 23.4. The van der Waals surface area contributed by atoms with Crippen molar-refractivity contribution in [3.05, 3.63) is 18.2 Å². The Labute approximate surface area is 107 Å². The minimum absolute atomic E-state index is 0.255. The molecule has 0 aliphatic carbocycles. The molecule has 98 valence electrons. The number of nitrogens with zero attached hydrogens (tertiary/aromatic N) is 3. The number of amides is 1. The van der Waals surface area contributed by atoms with Gasteiger partial charge >= 0.3 is 0 Å². The number of imidazole rings is 1. The van der Waals surface area contributed by atoms with Crippen molar-refractivity contribution in [1.82, 2.24) is 19.8 Å². The molecule has 5 nitrogen and oxygen atoms in total. The Kier molecular flexibility index (Phi) is 2.86. The van der Waals surface area contributed by atoms with Gasteiger partial charge in [-0.25, -0.2) is 4.98 Å². The number of H-pyrrole nitrogens is 1. The number of nitrogens with one attached hydrogen (secondary N) is 1. The second-order valence-corrected chi connectivity index (χ2v) is 5.74. The van der Waals surface area contributed by atoms with Crippen LogP contribution in [0.1, 0.15) is 25.1 Å². The van der Waals surface area contributed by atoms with Crippen molar-refractivity contribution in [3.8, 4) is 0 Å². The second kappa shape index (κ2) is 4.39. The highest BCUT2D eigenvalue weighted by Crippen LogP contribution is 2.40. The van der Waals surface area contributed by atoms with E-state index in [2.05, 4.69) is 14.9 Å². The van der Waals surface area contributed by atoms with E-state index >= 15 is 0 Å². The molecule has 2 aliphatic rings. The maximum atomic E-state index is 11.7. The van der Waals surface area contributed by atoms with Crippen LogP contribution in [0.25, 0.3) is 0 Å². The van der Waals surface area contributed by atoms with Crippen LogP contribution >= 0.6 is 0 Å². The zero-order chi connectivity index (χ0) is 12.6. The normalized spacial score (nSPS) is 24.1. The summed E-state index contributed by atoms with van der Waals surface area (Å²) in [6.07, 6.45) is 6.67. The van der Waals surface area contributed by atoms with Gasteiger partial charge in [-0.1, -0.05) is 0 Å². The van der Waals surface area contributed by atoms with Gasteiger partial charge in [0, 0.05) is 32.4 Å². The summed E-state index contributed by atoms with van der Waals surface area (Å²) in [5.41, 5.74) is 0.255. The van der Waals surface area contributed by atoms with Gasteiger partial charge in [-0.2, -0.15) is 0 Å². The van der Waals surface area contributed by atoms with Crippen LogP contribution < -0.4 is 0 Å². The van der Waals surface area contributed by atoms with Crippen molar-refractivity contribution in [2.75, 3.05) is 26.7 Å². The molecule has 2 saturated heterocycles. The molecular formula is C13H20N4O. The topological polar surface area (TPSA) is 52.2 Å². The van der Waals surface area contributed by atoms with Gasteiger partial charge in [-0.3, -0.25) is 9.69 Å². The Hall–Kier alpha value is -1.36. The van der Waals surface area contributed by atoms with Crippen molar-refractivity contribution < 1.29 is 4.79 Å². The standard InChI is InChI=1S/C13H20N4O/c1-16-10-13(8-12(16)18)2-6-17(7-3-13)9-11-14-4-5-15-11/h4-5H,2-3,6-10H2,1H3,(H,14,15).